The molecule has 0 aliphatic heterocycles. The molecule has 57 heavy (non-hydrogen) atoms. The number of likely N-dealkylation sites (N-methyl/N-ethyl adjacent to an activating group) is 2. The van der Waals surface area contributed by atoms with Crippen LogP contribution >= 0.6 is 46.4 Å². The molecule has 0 aliphatic rings. The van der Waals surface area contributed by atoms with Crippen molar-refractivity contribution in [2.24, 2.45) is 0 Å². The Morgan fingerprint density at radius 1 is 0.421 bits per heavy atom. The number of para-hydroxylation sites is 4. The first-order chi connectivity index (χ1) is 25.2. The molecule has 4 rings (SSSR count). The Morgan fingerprint density at radius 2 is 0.596 bits per heavy atom. The van der Waals surface area contributed by atoms with E-state index in [2.05, 4.69) is 21.3 Å². The maximum Gasteiger partial charge on any atom is 0.279 e. The minimum absolute atomic E-state index is 0. The number of nitrogens with one attached hydrogen (secondary N) is 4. The second-order valence-electron chi connectivity index (χ2n) is 14.4. The molecule has 0 spiro atoms. The SMILES string of the molecule is Cc1cccc(Cl)c1NC(=O)C[N+](C)(C)CC(=O)Nc1c(C)cccc1Cl.Cc1cccc(Cl)c1NC(=O)C[N+](C)(C)CC(=O)Nc1c(C)cccc1Cl.O.[Cl-].[Cl-]. The van der Waals surface area contributed by atoms with Gasteiger partial charge in [0.2, 0.25) is 0 Å². The standard InChI is InChI=1S/2C20H23Cl2N3O2.2ClH.H2O/c2*1-13-7-5-9-15(21)19(13)23-17(26)11-25(3,4)12-18(27)24-20-14(2)8-6-10-16(20)22;;;/h2*5-10H,11-12H2,1-4H3,(H-,23,24,26,27);2*1H;1H2. The number of halogens is 6. The second kappa shape index (κ2) is 23.7. The average Bonchev–Trinajstić information content (AvgIpc) is 3.04. The normalized spacial score (nSPS) is 10.6. The van der Waals surface area contributed by atoms with Crippen molar-refractivity contribution in [3.05, 3.63) is 115 Å². The molecule has 0 radical (unpaired) electrons. The summed E-state index contributed by atoms with van der Waals surface area (Å²) in [7, 11) is 7.27. The van der Waals surface area contributed by atoms with Gasteiger partial charge in [-0.15, -0.1) is 0 Å². The maximum atomic E-state index is 12.4. The highest BCUT2D eigenvalue weighted by atomic mass is 35.5. The van der Waals surface area contributed by atoms with Crippen molar-refractivity contribution in [3.63, 3.8) is 0 Å². The molecular formula is C40H50Cl6N6O5. The minimum Gasteiger partial charge on any atom is -1.00 e. The van der Waals surface area contributed by atoms with E-state index in [0.29, 0.717) is 42.8 Å². The Morgan fingerprint density at radius 3 is 0.754 bits per heavy atom. The highest BCUT2D eigenvalue weighted by molar-refractivity contribution is 6.35. The number of carbonyl (C=O) groups is 4. The smallest absolute Gasteiger partial charge is 0.279 e. The number of benzene rings is 4. The number of quaternary nitrogens is 2. The summed E-state index contributed by atoms with van der Waals surface area (Å²) in [4.78, 5) is 49.8. The number of rotatable bonds is 12. The number of hydrogen-bond donors (Lipinski definition) is 4. The summed E-state index contributed by atoms with van der Waals surface area (Å²) in [6.07, 6.45) is 0. The number of carbonyl (C=O) groups excluding carboxylic acids is 4. The van der Waals surface area contributed by atoms with Crippen molar-refractivity contribution in [2.75, 3.05) is 75.6 Å². The van der Waals surface area contributed by atoms with Gasteiger partial charge in [-0.2, -0.15) is 0 Å². The van der Waals surface area contributed by atoms with Crippen LogP contribution in [-0.2, 0) is 19.2 Å². The van der Waals surface area contributed by atoms with E-state index in [1.165, 1.54) is 0 Å². The Hall–Kier alpha value is -3.62. The third-order valence-corrected chi connectivity index (χ3v) is 9.49. The molecule has 6 N–H and O–H groups in total. The van der Waals surface area contributed by atoms with Gasteiger partial charge in [-0.3, -0.25) is 19.2 Å². The molecule has 4 amide bonds. The second-order valence-corrected chi connectivity index (χ2v) is 16.1. The zero-order chi connectivity index (χ0) is 40.4. The fourth-order valence-electron chi connectivity index (χ4n) is 5.54. The van der Waals surface area contributed by atoms with E-state index in [9.17, 15) is 19.2 Å². The highest BCUT2D eigenvalue weighted by Gasteiger charge is 2.27. The van der Waals surface area contributed by atoms with E-state index >= 15 is 0 Å². The summed E-state index contributed by atoms with van der Waals surface area (Å²) in [5, 5.41) is 13.3. The van der Waals surface area contributed by atoms with Gasteiger partial charge >= 0.3 is 0 Å². The van der Waals surface area contributed by atoms with Crippen LogP contribution in [0.25, 0.3) is 0 Å². The van der Waals surface area contributed by atoms with E-state index < -0.39 is 0 Å². The Labute approximate surface area is 367 Å². The van der Waals surface area contributed by atoms with Crippen LogP contribution in [0.3, 0.4) is 0 Å². The number of hydrogen-bond acceptors (Lipinski definition) is 4. The largest absolute Gasteiger partial charge is 1.00 e. The fraction of sp³-hybridized carbons (Fsp3) is 0.300. The first-order valence-electron chi connectivity index (χ1n) is 17.0. The third-order valence-electron chi connectivity index (χ3n) is 8.23. The summed E-state index contributed by atoms with van der Waals surface area (Å²) >= 11 is 24.6. The molecule has 0 heterocycles. The molecule has 0 aliphatic carbocycles. The molecule has 17 heteroatoms. The van der Waals surface area contributed by atoms with Gasteiger partial charge in [0.05, 0.1) is 71.0 Å². The van der Waals surface area contributed by atoms with Gasteiger partial charge in [-0.25, -0.2) is 0 Å². The van der Waals surface area contributed by atoms with Crippen molar-refractivity contribution in [2.45, 2.75) is 27.7 Å². The lowest BCUT2D eigenvalue weighted by Gasteiger charge is -2.28. The van der Waals surface area contributed by atoms with Gasteiger partial charge in [0.25, 0.3) is 23.6 Å². The van der Waals surface area contributed by atoms with Gasteiger partial charge in [0.15, 0.2) is 26.2 Å². The van der Waals surface area contributed by atoms with Gasteiger partial charge in [0, 0.05) is 0 Å². The lowest BCUT2D eigenvalue weighted by atomic mass is 10.2. The summed E-state index contributed by atoms with van der Waals surface area (Å²) in [6.45, 7) is 8.00. The van der Waals surface area contributed by atoms with Crippen LogP contribution < -0.4 is 46.1 Å². The molecule has 11 nitrogen and oxygen atoms in total. The predicted molar refractivity (Wildman–Crippen MR) is 227 cm³/mol. The van der Waals surface area contributed by atoms with Crippen molar-refractivity contribution in [3.8, 4) is 0 Å². The maximum absolute atomic E-state index is 12.4. The minimum atomic E-state index is -0.210. The zero-order valence-electron chi connectivity index (χ0n) is 33.1. The van der Waals surface area contributed by atoms with Crippen LogP contribution in [0.15, 0.2) is 72.8 Å². The lowest BCUT2D eigenvalue weighted by molar-refractivity contribution is -0.874. The first kappa shape index (κ1) is 53.4. The molecule has 0 fully saturated rings. The first-order valence-corrected chi connectivity index (χ1v) is 18.5. The molecule has 4 aromatic rings. The molecule has 0 unspecified atom stereocenters. The highest BCUT2D eigenvalue weighted by Crippen LogP contribution is 2.28. The summed E-state index contributed by atoms with van der Waals surface area (Å²) in [5.41, 5.74) is 5.92. The average molecular weight is 908 g/mol. The summed E-state index contributed by atoms with van der Waals surface area (Å²) in [6, 6.07) is 21.7. The van der Waals surface area contributed by atoms with Crippen molar-refractivity contribution < 1.29 is 58.4 Å². The number of aryl methyl sites for hydroxylation is 4. The van der Waals surface area contributed by atoms with Crippen LogP contribution in [0.2, 0.25) is 20.1 Å². The third kappa shape index (κ3) is 17.0. The van der Waals surface area contributed by atoms with Gasteiger partial charge < -0.3 is 60.5 Å². The van der Waals surface area contributed by atoms with Gasteiger partial charge in [-0.1, -0.05) is 94.9 Å². The number of nitrogens with zero attached hydrogens (tertiary/aromatic N) is 2. The van der Waals surface area contributed by atoms with Gasteiger partial charge in [-0.05, 0) is 74.2 Å². The van der Waals surface area contributed by atoms with E-state index in [1.54, 1.807) is 24.3 Å². The van der Waals surface area contributed by atoms with E-state index in [4.69, 9.17) is 46.4 Å². The predicted octanol–water partition coefficient (Wildman–Crippen LogP) is 1.71. The van der Waals surface area contributed by atoms with Crippen LogP contribution in [-0.4, -0.2) is 92.4 Å². The number of amides is 4. The Bertz CT molecular complexity index is 1670. The molecule has 0 atom stereocenters. The molecule has 0 aromatic heterocycles. The molecule has 0 bridgehead atoms. The van der Waals surface area contributed by atoms with Crippen LogP contribution in [0, 0.1) is 27.7 Å². The van der Waals surface area contributed by atoms with E-state index in [1.807, 2.05) is 104 Å². The topological polar surface area (TPSA) is 148 Å². The van der Waals surface area contributed by atoms with Crippen LogP contribution in [0.1, 0.15) is 22.3 Å². The van der Waals surface area contributed by atoms with Crippen LogP contribution in [0.4, 0.5) is 22.7 Å². The molecule has 4 aromatic carbocycles. The molecule has 312 valence electrons. The van der Waals surface area contributed by atoms with Crippen molar-refractivity contribution in [1.82, 2.24) is 0 Å². The quantitative estimate of drug-likeness (QED) is 0.161. The fourth-order valence-corrected chi connectivity index (χ4v) is 6.62. The monoisotopic (exact) mass is 904 g/mol. The summed E-state index contributed by atoms with van der Waals surface area (Å²) < 4.78 is 0.370. The molecular weight excluding hydrogens is 857 g/mol. The van der Waals surface area contributed by atoms with Gasteiger partial charge in [0.1, 0.15) is 0 Å². The van der Waals surface area contributed by atoms with Crippen LogP contribution in [0.5, 0.6) is 0 Å². The Balaban J connectivity index is 0.00000105. The zero-order valence-corrected chi connectivity index (χ0v) is 37.6. The summed E-state index contributed by atoms with van der Waals surface area (Å²) in [5.74, 6) is -0.841. The lowest BCUT2D eigenvalue weighted by Crippen LogP contribution is -3.00. The molecule has 0 saturated heterocycles. The van der Waals surface area contributed by atoms with Crippen molar-refractivity contribution >= 4 is 92.8 Å². The number of anilines is 4. The van der Waals surface area contributed by atoms with E-state index in [0.717, 1.165) is 22.3 Å². The van der Waals surface area contributed by atoms with E-state index in [-0.39, 0.29) is 89.1 Å². The van der Waals surface area contributed by atoms with Crippen molar-refractivity contribution in [1.29, 1.82) is 0 Å². The Kier molecular flexibility index (Phi) is 22.2. The molecule has 0 saturated carbocycles.